The molecule has 0 unspecified atom stereocenters. The van der Waals surface area contributed by atoms with Crippen LogP contribution < -0.4 is 5.32 Å². The topological polar surface area (TPSA) is 68.5 Å². The van der Waals surface area contributed by atoms with E-state index in [9.17, 15) is 0 Å². The average molecular weight is 230 g/mol. The Morgan fingerprint density at radius 3 is 2.65 bits per heavy atom. The lowest BCUT2D eigenvalue weighted by Crippen LogP contribution is -2.30. The third-order valence-corrected chi connectivity index (χ3v) is 3.09. The number of hydrogen-bond donors (Lipinski definition) is 1. The molecule has 1 N–H and O–H groups in total. The lowest BCUT2D eigenvalue weighted by atomic mass is 10.1. The fourth-order valence-corrected chi connectivity index (χ4v) is 2.20. The summed E-state index contributed by atoms with van der Waals surface area (Å²) in [6.07, 6.45) is 9.07. The minimum Gasteiger partial charge on any atom is -0.317 e. The molecule has 0 radical (unpaired) electrons. The second-order valence-electron chi connectivity index (χ2n) is 4.17. The molecule has 6 nitrogen and oxygen atoms in total. The van der Waals surface area contributed by atoms with Gasteiger partial charge in [0.25, 0.3) is 0 Å². The first-order chi connectivity index (χ1) is 8.45. The van der Waals surface area contributed by atoms with Crippen LogP contribution in [0.5, 0.6) is 0 Å². The zero-order chi connectivity index (χ0) is 11.5. The van der Waals surface area contributed by atoms with Crippen molar-refractivity contribution in [1.82, 2.24) is 30.3 Å². The van der Waals surface area contributed by atoms with Crippen LogP contribution >= 0.6 is 0 Å². The van der Waals surface area contributed by atoms with Gasteiger partial charge in [-0.1, -0.05) is 5.21 Å². The molecule has 0 atom stereocenters. The van der Waals surface area contributed by atoms with Crippen LogP contribution in [0.4, 0.5) is 0 Å². The van der Waals surface area contributed by atoms with Gasteiger partial charge in [-0.25, -0.2) is 14.6 Å². The molecule has 0 amide bonds. The second-order valence-corrected chi connectivity index (χ2v) is 4.17. The summed E-state index contributed by atoms with van der Waals surface area (Å²) < 4.78 is 2.00. The normalized spacial score (nSPS) is 17.2. The largest absolute Gasteiger partial charge is 0.317 e. The first-order valence-corrected chi connectivity index (χ1v) is 5.81. The van der Waals surface area contributed by atoms with Crippen LogP contribution in [0.3, 0.4) is 0 Å². The Morgan fingerprint density at radius 1 is 1.12 bits per heavy atom. The van der Waals surface area contributed by atoms with Crippen molar-refractivity contribution in [2.45, 2.75) is 18.9 Å². The fraction of sp³-hybridized carbons (Fsp3) is 0.455. The molecule has 1 aliphatic rings. The molecule has 0 aromatic carbocycles. The highest BCUT2D eigenvalue weighted by atomic mass is 15.4. The van der Waals surface area contributed by atoms with Crippen molar-refractivity contribution >= 4 is 0 Å². The first kappa shape index (κ1) is 10.3. The molecule has 2 aromatic rings. The SMILES string of the molecule is c1ncc(-c2cnnn2C2CCNCC2)cn1. The third kappa shape index (κ3) is 2.03. The van der Waals surface area contributed by atoms with Gasteiger partial charge in [0.2, 0.25) is 0 Å². The first-order valence-electron chi connectivity index (χ1n) is 5.81. The van der Waals surface area contributed by atoms with Gasteiger partial charge in [-0.3, -0.25) is 0 Å². The molecule has 0 bridgehead atoms. The number of rotatable bonds is 2. The highest BCUT2D eigenvalue weighted by Crippen LogP contribution is 2.24. The fourth-order valence-electron chi connectivity index (χ4n) is 2.20. The highest BCUT2D eigenvalue weighted by Gasteiger charge is 2.19. The lowest BCUT2D eigenvalue weighted by molar-refractivity contribution is 0.340. The summed E-state index contributed by atoms with van der Waals surface area (Å²) in [6, 6.07) is 0.425. The third-order valence-electron chi connectivity index (χ3n) is 3.09. The van der Waals surface area contributed by atoms with Crippen molar-refractivity contribution < 1.29 is 0 Å². The molecular formula is C11H14N6. The van der Waals surface area contributed by atoms with Crippen LogP contribution in [0.2, 0.25) is 0 Å². The van der Waals surface area contributed by atoms with Crippen LogP contribution in [-0.4, -0.2) is 38.1 Å². The monoisotopic (exact) mass is 230 g/mol. The van der Waals surface area contributed by atoms with Crippen LogP contribution in [0, 0.1) is 0 Å². The predicted molar refractivity (Wildman–Crippen MR) is 62.2 cm³/mol. The molecule has 6 heteroatoms. The minimum absolute atomic E-state index is 0.425. The Balaban J connectivity index is 1.93. The van der Waals surface area contributed by atoms with E-state index >= 15 is 0 Å². The molecule has 0 spiro atoms. The summed E-state index contributed by atoms with van der Waals surface area (Å²) in [6.45, 7) is 2.07. The van der Waals surface area contributed by atoms with Crippen LogP contribution in [-0.2, 0) is 0 Å². The zero-order valence-electron chi connectivity index (χ0n) is 9.45. The summed E-state index contributed by atoms with van der Waals surface area (Å²) in [5.74, 6) is 0. The lowest BCUT2D eigenvalue weighted by Gasteiger charge is -2.23. The number of hydrogen-bond acceptors (Lipinski definition) is 5. The van der Waals surface area contributed by atoms with Gasteiger partial charge in [0, 0.05) is 18.0 Å². The van der Waals surface area contributed by atoms with Crippen molar-refractivity contribution in [2.75, 3.05) is 13.1 Å². The van der Waals surface area contributed by atoms with E-state index < -0.39 is 0 Å². The van der Waals surface area contributed by atoms with E-state index in [4.69, 9.17) is 0 Å². The summed E-state index contributed by atoms with van der Waals surface area (Å²) >= 11 is 0. The van der Waals surface area contributed by atoms with Crippen molar-refractivity contribution in [3.8, 4) is 11.3 Å². The average Bonchev–Trinajstić information content (AvgIpc) is 2.90. The van der Waals surface area contributed by atoms with Gasteiger partial charge in [-0.05, 0) is 25.9 Å². The maximum atomic E-state index is 4.20. The molecular weight excluding hydrogens is 216 g/mol. The Morgan fingerprint density at radius 2 is 1.88 bits per heavy atom. The molecule has 0 saturated carbocycles. The summed E-state index contributed by atoms with van der Waals surface area (Å²) in [4.78, 5) is 8.07. The van der Waals surface area contributed by atoms with Crippen molar-refractivity contribution in [3.05, 3.63) is 24.9 Å². The van der Waals surface area contributed by atoms with Gasteiger partial charge in [0.1, 0.15) is 6.33 Å². The second kappa shape index (κ2) is 4.58. The van der Waals surface area contributed by atoms with Gasteiger partial charge >= 0.3 is 0 Å². The van der Waals surface area contributed by atoms with E-state index in [2.05, 4.69) is 25.6 Å². The Bertz CT molecular complexity index is 474. The van der Waals surface area contributed by atoms with E-state index in [1.165, 1.54) is 6.33 Å². The molecule has 3 rings (SSSR count). The maximum Gasteiger partial charge on any atom is 0.115 e. The van der Waals surface area contributed by atoms with Gasteiger partial charge in [0.15, 0.2) is 0 Å². The molecule has 17 heavy (non-hydrogen) atoms. The Hall–Kier alpha value is -1.82. The number of aromatic nitrogens is 5. The molecule has 1 aliphatic heterocycles. The van der Waals surface area contributed by atoms with Gasteiger partial charge in [-0.15, -0.1) is 5.10 Å². The predicted octanol–water partition coefficient (Wildman–Crippen LogP) is 0.660. The van der Waals surface area contributed by atoms with Crippen molar-refractivity contribution in [3.63, 3.8) is 0 Å². The van der Waals surface area contributed by atoms with Gasteiger partial charge in [0.05, 0.1) is 17.9 Å². The van der Waals surface area contributed by atoms with Crippen molar-refractivity contribution in [2.24, 2.45) is 0 Å². The zero-order valence-corrected chi connectivity index (χ0v) is 9.45. The van der Waals surface area contributed by atoms with E-state index in [1.807, 2.05) is 4.68 Å². The number of nitrogens with one attached hydrogen (secondary N) is 1. The van der Waals surface area contributed by atoms with E-state index in [0.29, 0.717) is 6.04 Å². The van der Waals surface area contributed by atoms with Crippen LogP contribution in [0.15, 0.2) is 24.9 Å². The Kier molecular flexibility index (Phi) is 2.79. The van der Waals surface area contributed by atoms with Crippen LogP contribution in [0.1, 0.15) is 18.9 Å². The molecule has 88 valence electrons. The molecule has 1 fully saturated rings. The minimum atomic E-state index is 0.425. The van der Waals surface area contributed by atoms with Crippen molar-refractivity contribution in [1.29, 1.82) is 0 Å². The summed E-state index contributed by atoms with van der Waals surface area (Å²) in [7, 11) is 0. The summed E-state index contributed by atoms with van der Waals surface area (Å²) in [5, 5.41) is 11.6. The van der Waals surface area contributed by atoms with Crippen LogP contribution in [0.25, 0.3) is 11.3 Å². The number of piperidine rings is 1. The number of nitrogens with zero attached hydrogens (tertiary/aromatic N) is 5. The smallest absolute Gasteiger partial charge is 0.115 e. The molecule has 2 aromatic heterocycles. The van der Waals surface area contributed by atoms with E-state index in [1.54, 1.807) is 18.6 Å². The van der Waals surface area contributed by atoms with Gasteiger partial charge in [-0.2, -0.15) is 0 Å². The molecule has 0 aliphatic carbocycles. The summed E-state index contributed by atoms with van der Waals surface area (Å²) in [5.41, 5.74) is 1.97. The van der Waals surface area contributed by atoms with Gasteiger partial charge < -0.3 is 5.32 Å². The maximum absolute atomic E-state index is 4.20. The quantitative estimate of drug-likeness (QED) is 0.820. The standard InChI is InChI=1S/C11H14N6/c1-3-12-4-2-10(1)17-11(7-15-16-17)9-5-13-8-14-6-9/h5-8,10,12H,1-4H2. The van der Waals surface area contributed by atoms with E-state index in [-0.39, 0.29) is 0 Å². The molecule has 1 saturated heterocycles. The highest BCUT2D eigenvalue weighted by molar-refractivity contribution is 5.55. The molecule has 3 heterocycles. The van der Waals surface area contributed by atoms with E-state index in [0.717, 1.165) is 37.2 Å². The Labute approximate surface area is 99.1 Å².